The van der Waals surface area contributed by atoms with E-state index in [1.165, 1.54) is 17.2 Å². The van der Waals surface area contributed by atoms with Crippen LogP contribution >= 0.6 is 19.8 Å². The summed E-state index contributed by atoms with van der Waals surface area (Å²) in [7, 11) is 0. The number of carboxylic acids is 1. The molecule has 4 nitrogen and oxygen atoms in total. The number of hydrogen-bond donors (Lipinski definition) is 1. The molecule has 1 unspecified atom stereocenters. The Labute approximate surface area is 231 Å². The Bertz CT molecular complexity index is 1550. The maximum absolute atomic E-state index is 13.9. The zero-order valence-corrected chi connectivity index (χ0v) is 23.6. The van der Waals surface area contributed by atoms with Gasteiger partial charge in [-0.1, -0.05) is 0 Å². The maximum atomic E-state index is 13.9. The molecular weight excluding hydrogens is 618 g/mol. The average molecular weight is 647 g/mol. The summed E-state index contributed by atoms with van der Waals surface area (Å²) in [6.45, 7) is 2.57. The zero-order valence-electron chi connectivity index (χ0n) is 21.4. The number of alkyl halides is 5. The molecule has 3 fully saturated rings. The summed E-state index contributed by atoms with van der Waals surface area (Å²) in [5, 5.41) is 10.5. The average Bonchev–Trinajstić information content (AvgIpc) is 3.82. The summed E-state index contributed by atoms with van der Waals surface area (Å²) >= 11 is -1.63. The van der Waals surface area contributed by atoms with Crippen molar-refractivity contribution in [3.63, 3.8) is 0 Å². The van der Waals surface area contributed by atoms with Crippen molar-refractivity contribution in [3.05, 3.63) is 86.7 Å². The first kappa shape index (κ1) is 25.4. The molecule has 4 aliphatic rings. The Morgan fingerprint density at radius 3 is 2.69 bits per heavy atom. The molecule has 1 aliphatic heterocycles. The van der Waals surface area contributed by atoms with E-state index in [4.69, 9.17) is 4.74 Å². The molecule has 204 valence electrons. The molecule has 0 radical (unpaired) electrons. The number of halogens is 4. The normalized spacial score (nSPS) is 26.7. The molecule has 4 atom stereocenters. The number of ether oxygens (including phenoxy) is 1. The van der Waals surface area contributed by atoms with Crippen LogP contribution in [0.1, 0.15) is 48.8 Å². The number of benzene rings is 2. The van der Waals surface area contributed by atoms with E-state index in [0.29, 0.717) is 12.5 Å². The summed E-state index contributed by atoms with van der Waals surface area (Å²) in [5.41, 5.74) is 4.87. The number of hydrogen-bond acceptors (Lipinski definition) is 2. The van der Waals surface area contributed by atoms with Crippen LogP contribution in [0.25, 0.3) is 16.6 Å². The summed E-state index contributed by atoms with van der Waals surface area (Å²) in [4.78, 5) is 11.5. The standard InChI is InChI=1S/C31H29F3INO3/c1-2-35-14-22-19(12-21-28(22)29(21)30(37)38)13-27(35)39-16-17-7-10-20-23(18-8-9-18)15-36(26(20)11-17)25-6-4-3-5-24(25)31(32,33)34/h3-7,10-11,13-15,18,21,27-29H,2,8-9,12,16H2,1H3,(H,37,38)/t21-,27?,28-,29+/m1/s1. The molecule has 0 bridgehead atoms. The number of fused-ring (bicyclic) bond motifs is 4. The zero-order chi connectivity index (χ0) is 27.1. The summed E-state index contributed by atoms with van der Waals surface area (Å²) in [6.07, 6.45) is 2.65. The number of aromatic nitrogens is 1. The molecule has 0 saturated heterocycles. The summed E-state index contributed by atoms with van der Waals surface area (Å²) in [6, 6.07) is 11.8. The van der Waals surface area contributed by atoms with Crippen molar-refractivity contribution in [3.8, 4) is 5.69 Å². The molecule has 2 aromatic carbocycles. The van der Waals surface area contributed by atoms with Crippen molar-refractivity contribution in [1.82, 2.24) is 4.57 Å². The van der Waals surface area contributed by atoms with E-state index in [1.807, 2.05) is 24.4 Å². The van der Waals surface area contributed by atoms with Crippen molar-refractivity contribution in [2.45, 2.75) is 49.0 Å². The van der Waals surface area contributed by atoms with E-state index in [2.05, 4.69) is 17.1 Å². The fourth-order valence-corrected chi connectivity index (χ4v) is 11.4. The topological polar surface area (TPSA) is 51.5 Å². The fourth-order valence-electron chi connectivity index (χ4n) is 6.50. The molecule has 39 heavy (non-hydrogen) atoms. The summed E-state index contributed by atoms with van der Waals surface area (Å²) < 4.78 is 53.4. The van der Waals surface area contributed by atoms with Gasteiger partial charge in [0, 0.05) is 0 Å². The minimum atomic E-state index is -4.44. The molecule has 7 rings (SSSR count). The van der Waals surface area contributed by atoms with Crippen LogP contribution in [0.2, 0.25) is 0 Å². The first-order valence-corrected chi connectivity index (χ1v) is 17.5. The van der Waals surface area contributed by atoms with E-state index in [1.54, 1.807) is 16.7 Å². The van der Waals surface area contributed by atoms with Crippen molar-refractivity contribution < 1.29 is 27.8 Å². The Hall–Kier alpha value is -2.59. The molecule has 0 amide bonds. The van der Waals surface area contributed by atoms with Crippen LogP contribution in [0.4, 0.5) is 13.2 Å². The molecule has 8 heteroatoms. The molecular formula is C31H29F3INO3. The number of aliphatic carboxylic acids is 1. The van der Waals surface area contributed by atoms with Crippen LogP contribution in [-0.4, -0.2) is 24.2 Å². The van der Waals surface area contributed by atoms with Gasteiger partial charge in [-0.2, -0.15) is 0 Å². The Morgan fingerprint density at radius 2 is 1.97 bits per heavy atom. The van der Waals surface area contributed by atoms with Gasteiger partial charge in [0.1, 0.15) is 0 Å². The van der Waals surface area contributed by atoms with Gasteiger partial charge >= 0.3 is 233 Å². The van der Waals surface area contributed by atoms with E-state index in [9.17, 15) is 23.1 Å². The Kier molecular flexibility index (Phi) is 6.01. The van der Waals surface area contributed by atoms with Gasteiger partial charge in [0.05, 0.1) is 0 Å². The van der Waals surface area contributed by atoms with Gasteiger partial charge in [-0.25, -0.2) is 0 Å². The first-order valence-electron chi connectivity index (χ1n) is 13.4. The molecule has 3 aromatic rings. The van der Waals surface area contributed by atoms with Gasteiger partial charge < -0.3 is 0 Å². The van der Waals surface area contributed by atoms with Gasteiger partial charge in [-0.3, -0.25) is 0 Å². The van der Waals surface area contributed by atoms with Crippen LogP contribution in [-0.2, 0) is 22.3 Å². The first-order chi connectivity index (χ1) is 18.7. The molecule has 1 N–H and O–H groups in total. The van der Waals surface area contributed by atoms with Crippen molar-refractivity contribution in [1.29, 1.82) is 0 Å². The van der Waals surface area contributed by atoms with Gasteiger partial charge in [0.15, 0.2) is 0 Å². The number of allylic oxidation sites excluding steroid dienone is 2. The third-order valence-corrected chi connectivity index (χ3v) is 14.1. The minimum absolute atomic E-state index is 0.0502. The van der Waals surface area contributed by atoms with Crippen molar-refractivity contribution in [2.24, 2.45) is 17.8 Å². The molecule has 3 aliphatic carbocycles. The number of nitrogens with zero attached hydrogens (tertiary/aromatic N) is 1. The molecule has 3 saturated carbocycles. The van der Waals surface area contributed by atoms with Crippen molar-refractivity contribution >= 4 is 36.7 Å². The van der Waals surface area contributed by atoms with Crippen LogP contribution in [0, 0.1) is 17.8 Å². The second-order valence-electron chi connectivity index (χ2n) is 11.0. The number of rotatable bonds is 7. The predicted octanol–water partition coefficient (Wildman–Crippen LogP) is 8.07. The molecule has 2 heterocycles. The van der Waals surface area contributed by atoms with E-state index in [0.717, 1.165) is 51.8 Å². The number of carboxylic acid groups (broad SMARTS) is 1. The number of carbonyl (C=O) groups is 1. The third-order valence-electron chi connectivity index (χ3n) is 8.61. The summed E-state index contributed by atoms with van der Waals surface area (Å²) in [5.74, 6) is -0.0612. The van der Waals surface area contributed by atoms with E-state index >= 15 is 0 Å². The van der Waals surface area contributed by atoms with Crippen molar-refractivity contribution in [2.75, 3.05) is 4.43 Å². The van der Waals surface area contributed by atoms with Gasteiger partial charge in [-0.15, -0.1) is 0 Å². The van der Waals surface area contributed by atoms with Gasteiger partial charge in [0.2, 0.25) is 0 Å². The molecule has 0 spiro atoms. The van der Waals surface area contributed by atoms with Crippen LogP contribution in [0.3, 0.4) is 0 Å². The molecule has 1 aromatic heterocycles. The second-order valence-corrected chi connectivity index (χ2v) is 16.8. The Morgan fingerprint density at radius 1 is 1.18 bits per heavy atom. The monoisotopic (exact) mass is 647 g/mol. The number of para-hydroxylation sites is 1. The predicted molar refractivity (Wildman–Crippen MR) is 152 cm³/mol. The fraction of sp³-hybridized carbons (Fsp3) is 0.387. The van der Waals surface area contributed by atoms with Crippen LogP contribution < -0.4 is 0 Å². The third kappa shape index (κ3) is 4.34. The van der Waals surface area contributed by atoms with E-state index < -0.39 is 37.5 Å². The Balaban J connectivity index is 1.18. The SMILES string of the molecule is CCI1C=C2C(=CC1OCc1ccc3c(C4CC4)cn(-c4ccccc4C(F)(F)F)c3c1)C[C@H]1[C@H](C(=O)O)[C@@H]21. The van der Waals surface area contributed by atoms with E-state index in [-0.39, 0.29) is 27.6 Å². The quantitative estimate of drug-likeness (QED) is 0.209. The van der Waals surface area contributed by atoms with Gasteiger partial charge in [-0.05, 0) is 0 Å². The van der Waals surface area contributed by atoms with Crippen LogP contribution in [0.15, 0.2) is 70.0 Å². The van der Waals surface area contributed by atoms with Crippen LogP contribution in [0.5, 0.6) is 0 Å². The second kappa shape index (κ2) is 9.23. The van der Waals surface area contributed by atoms with Gasteiger partial charge in [0.25, 0.3) is 0 Å².